The van der Waals surface area contributed by atoms with Crippen molar-refractivity contribution in [2.75, 3.05) is 7.11 Å². The van der Waals surface area contributed by atoms with E-state index in [4.69, 9.17) is 4.74 Å². The van der Waals surface area contributed by atoms with Gasteiger partial charge in [-0.25, -0.2) is 5.43 Å². The topological polar surface area (TPSA) is 70.9 Å². The number of amides is 1. The highest BCUT2D eigenvalue weighted by Gasteiger charge is 2.12. The van der Waals surface area contributed by atoms with Crippen molar-refractivity contribution < 1.29 is 14.6 Å². The van der Waals surface area contributed by atoms with Gasteiger partial charge in [0.05, 0.1) is 27.8 Å². The van der Waals surface area contributed by atoms with E-state index in [9.17, 15) is 9.90 Å². The highest BCUT2D eigenvalue weighted by molar-refractivity contribution is 9.11. The minimum Gasteiger partial charge on any atom is -0.506 e. The number of nitrogens with one attached hydrogen (secondary N) is 1. The van der Waals surface area contributed by atoms with Crippen molar-refractivity contribution in [2.45, 2.75) is 0 Å². The van der Waals surface area contributed by atoms with Crippen LogP contribution in [0.3, 0.4) is 0 Å². The third-order valence-corrected chi connectivity index (χ3v) is 4.53. The smallest absolute Gasteiger partial charge is 0.275 e. The Hall–Kier alpha value is -1.38. The molecule has 0 atom stereocenters. The zero-order chi connectivity index (χ0) is 17.0. The van der Waals surface area contributed by atoms with E-state index < -0.39 is 5.91 Å². The third kappa shape index (κ3) is 4.55. The van der Waals surface area contributed by atoms with Crippen LogP contribution in [0.1, 0.15) is 15.9 Å². The zero-order valence-corrected chi connectivity index (χ0v) is 16.6. The van der Waals surface area contributed by atoms with Crippen LogP contribution in [0.2, 0.25) is 0 Å². The lowest BCUT2D eigenvalue weighted by Crippen LogP contribution is -2.18. The van der Waals surface area contributed by atoms with Crippen LogP contribution in [0.15, 0.2) is 48.9 Å². The first-order chi connectivity index (χ1) is 10.9. The summed E-state index contributed by atoms with van der Waals surface area (Å²) in [5.41, 5.74) is 3.50. The summed E-state index contributed by atoms with van der Waals surface area (Å²) in [6.45, 7) is 0. The molecule has 0 saturated carbocycles. The molecule has 0 aliphatic heterocycles. The minimum atomic E-state index is -0.392. The van der Waals surface area contributed by atoms with Crippen molar-refractivity contribution in [2.24, 2.45) is 5.10 Å². The number of rotatable bonds is 4. The van der Waals surface area contributed by atoms with Crippen molar-refractivity contribution in [3.8, 4) is 11.5 Å². The summed E-state index contributed by atoms with van der Waals surface area (Å²) in [6, 6.07) is 8.48. The van der Waals surface area contributed by atoms with Crippen LogP contribution in [-0.2, 0) is 0 Å². The number of benzene rings is 2. The Morgan fingerprint density at radius 1 is 1.22 bits per heavy atom. The Bertz CT molecular complexity index is 756. The third-order valence-electron chi connectivity index (χ3n) is 2.83. The second-order valence-electron chi connectivity index (χ2n) is 4.38. The van der Waals surface area contributed by atoms with E-state index in [0.29, 0.717) is 25.8 Å². The summed E-state index contributed by atoms with van der Waals surface area (Å²) >= 11 is 9.77. The summed E-state index contributed by atoms with van der Waals surface area (Å²) < 4.78 is 6.96. The SMILES string of the molecule is COc1ccc(Br)cc1C(=O)N/N=C\c1cc(Br)c(O)c(Br)c1. The Morgan fingerprint density at radius 2 is 1.87 bits per heavy atom. The number of hydrogen-bond acceptors (Lipinski definition) is 4. The number of hydrogen-bond donors (Lipinski definition) is 2. The highest BCUT2D eigenvalue weighted by atomic mass is 79.9. The van der Waals surface area contributed by atoms with Crippen LogP contribution in [0.25, 0.3) is 0 Å². The average molecular weight is 507 g/mol. The molecule has 2 aromatic carbocycles. The van der Waals surface area contributed by atoms with E-state index in [0.717, 1.165) is 4.47 Å². The Balaban J connectivity index is 2.14. The number of aromatic hydroxyl groups is 1. The maximum Gasteiger partial charge on any atom is 0.275 e. The summed E-state index contributed by atoms with van der Waals surface area (Å²) in [5, 5.41) is 13.6. The number of carbonyl (C=O) groups excluding carboxylic acids is 1. The molecular formula is C15H11Br3N2O3. The minimum absolute atomic E-state index is 0.102. The second-order valence-corrected chi connectivity index (χ2v) is 7.00. The molecule has 0 fully saturated rings. The second kappa shape index (κ2) is 7.94. The van der Waals surface area contributed by atoms with Gasteiger partial charge in [0, 0.05) is 4.47 Å². The molecule has 23 heavy (non-hydrogen) atoms. The molecule has 0 bridgehead atoms. The molecule has 0 unspecified atom stereocenters. The molecule has 120 valence electrons. The molecule has 8 heteroatoms. The maximum atomic E-state index is 12.2. The van der Waals surface area contributed by atoms with E-state index in [-0.39, 0.29) is 5.75 Å². The Labute approximate surface area is 158 Å². The van der Waals surface area contributed by atoms with E-state index in [1.54, 1.807) is 30.3 Å². The predicted octanol–water partition coefficient (Wildman–Crippen LogP) is 4.45. The van der Waals surface area contributed by atoms with Gasteiger partial charge in [-0.15, -0.1) is 0 Å². The summed E-state index contributed by atoms with van der Waals surface area (Å²) in [6.07, 6.45) is 1.47. The standard InChI is InChI=1S/C15H11Br3N2O3/c1-23-13-3-2-9(16)6-10(13)15(22)20-19-7-8-4-11(17)14(21)12(18)5-8/h2-7,21H,1H3,(H,20,22)/b19-7-. The normalized spacial score (nSPS) is 10.8. The molecule has 0 aromatic heterocycles. The van der Waals surface area contributed by atoms with Crippen LogP contribution >= 0.6 is 47.8 Å². The lowest BCUT2D eigenvalue weighted by molar-refractivity contribution is 0.0952. The molecule has 2 aromatic rings. The van der Waals surface area contributed by atoms with Gasteiger partial charge in [-0.05, 0) is 67.8 Å². The fourth-order valence-electron chi connectivity index (χ4n) is 1.74. The van der Waals surface area contributed by atoms with Crippen molar-refractivity contribution >= 4 is 59.9 Å². The van der Waals surface area contributed by atoms with Crippen molar-refractivity contribution in [3.05, 3.63) is 54.9 Å². The van der Waals surface area contributed by atoms with Gasteiger partial charge < -0.3 is 9.84 Å². The number of halogens is 3. The van der Waals surface area contributed by atoms with Crippen molar-refractivity contribution in [3.63, 3.8) is 0 Å². The van der Waals surface area contributed by atoms with Crippen molar-refractivity contribution in [1.82, 2.24) is 5.43 Å². The van der Waals surface area contributed by atoms with E-state index >= 15 is 0 Å². The van der Waals surface area contributed by atoms with E-state index in [1.807, 2.05) is 0 Å². The van der Waals surface area contributed by atoms with Crippen molar-refractivity contribution in [1.29, 1.82) is 0 Å². The average Bonchev–Trinajstić information content (AvgIpc) is 2.52. The highest BCUT2D eigenvalue weighted by Crippen LogP contribution is 2.32. The Kier molecular flexibility index (Phi) is 6.20. The summed E-state index contributed by atoms with van der Waals surface area (Å²) in [5.74, 6) is 0.164. The molecule has 0 aliphatic rings. The van der Waals surface area contributed by atoms with E-state index in [2.05, 4.69) is 58.3 Å². The largest absolute Gasteiger partial charge is 0.506 e. The quantitative estimate of drug-likeness (QED) is 0.475. The van der Waals surface area contributed by atoms with Crippen LogP contribution < -0.4 is 10.2 Å². The molecule has 0 heterocycles. The fraction of sp³-hybridized carbons (Fsp3) is 0.0667. The maximum absolute atomic E-state index is 12.2. The molecule has 1 amide bonds. The van der Waals surface area contributed by atoms with Gasteiger partial charge in [-0.2, -0.15) is 5.10 Å². The number of methoxy groups -OCH3 is 1. The monoisotopic (exact) mass is 504 g/mol. The first-order valence-corrected chi connectivity index (χ1v) is 8.65. The van der Waals surface area contributed by atoms with Crippen LogP contribution in [0.4, 0.5) is 0 Å². The molecule has 2 rings (SSSR count). The molecule has 0 aliphatic carbocycles. The lowest BCUT2D eigenvalue weighted by atomic mass is 10.2. The number of nitrogens with zero attached hydrogens (tertiary/aromatic N) is 1. The van der Waals surface area contributed by atoms with Crippen LogP contribution in [-0.4, -0.2) is 24.3 Å². The number of carbonyl (C=O) groups is 1. The van der Waals surface area contributed by atoms with Gasteiger partial charge in [-0.3, -0.25) is 4.79 Å². The molecule has 2 N–H and O–H groups in total. The van der Waals surface area contributed by atoms with Gasteiger partial charge in [0.1, 0.15) is 11.5 Å². The van der Waals surface area contributed by atoms with Gasteiger partial charge in [0.25, 0.3) is 5.91 Å². The lowest BCUT2D eigenvalue weighted by Gasteiger charge is -2.07. The van der Waals surface area contributed by atoms with Crippen LogP contribution in [0.5, 0.6) is 11.5 Å². The first kappa shape index (κ1) is 18.0. The number of phenols is 1. The summed E-state index contributed by atoms with van der Waals surface area (Å²) in [4.78, 5) is 12.2. The van der Waals surface area contributed by atoms with Gasteiger partial charge >= 0.3 is 0 Å². The molecule has 0 spiro atoms. The fourth-order valence-corrected chi connectivity index (χ4v) is 3.33. The zero-order valence-electron chi connectivity index (χ0n) is 11.8. The first-order valence-electron chi connectivity index (χ1n) is 6.27. The molecule has 0 radical (unpaired) electrons. The van der Waals surface area contributed by atoms with Gasteiger partial charge in [0.2, 0.25) is 0 Å². The van der Waals surface area contributed by atoms with E-state index in [1.165, 1.54) is 13.3 Å². The molecule has 5 nitrogen and oxygen atoms in total. The van der Waals surface area contributed by atoms with Gasteiger partial charge in [-0.1, -0.05) is 15.9 Å². The summed E-state index contributed by atoms with van der Waals surface area (Å²) in [7, 11) is 1.49. The number of phenolic OH excluding ortho intramolecular Hbond substituents is 1. The van der Waals surface area contributed by atoms with Crippen LogP contribution in [0, 0.1) is 0 Å². The number of hydrazone groups is 1. The Morgan fingerprint density at radius 3 is 2.48 bits per heavy atom. The number of ether oxygens (including phenoxy) is 1. The predicted molar refractivity (Wildman–Crippen MR) is 99.3 cm³/mol. The molecule has 0 saturated heterocycles. The van der Waals surface area contributed by atoms with Gasteiger partial charge in [0.15, 0.2) is 0 Å². The molecular weight excluding hydrogens is 496 g/mol.